The lowest BCUT2D eigenvalue weighted by Gasteiger charge is -2.02. The first-order chi connectivity index (χ1) is 8.10. The van der Waals surface area contributed by atoms with Gasteiger partial charge in [-0.15, -0.1) is 10.2 Å². The van der Waals surface area contributed by atoms with Gasteiger partial charge >= 0.3 is 0 Å². The van der Waals surface area contributed by atoms with Crippen molar-refractivity contribution in [2.45, 2.75) is 16.2 Å². The quantitative estimate of drug-likeness (QED) is 0.805. The molecular weight excluding hydrogens is 266 g/mol. The van der Waals surface area contributed by atoms with Crippen molar-refractivity contribution in [1.82, 2.24) is 10.2 Å². The number of nitrogens with zero attached hydrogens (tertiary/aromatic N) is 2. The van der Waals surface area contributed by atoms with Gasteiger partial charge in [-0.25, -0.2) is 8.78 Å². The predicted molar refractivity (Wildman–Crippen MR) is 60.5 cm³/mol. The lowest BCUT2D eigenvalue weighted by atomic mass is 10.2. The van der Waals surface area contributed by atoms with Crippen LogP contribution < -0.4 is 0 Å². The number of carbonyl (C=O) groups excluding carboxylic acids is 1. The smallest absolute Gasteiger partial charge is 0.179 e. The van der Waals surface area contributed by atoms with Gasteiger partial charge in [-0.05, 0) is 19.1 Å². The topological polar surface area (TPSA) is 42.9 Å². The summed E-state index contributed by atoms with van der Waals surface area (Å²) in [5.74, 6) is -1.55. The summed E-state index contributed by atoms with van der Waals surface area (Å²) in [6.45, 7) is 1.75. The molecule has 0 unspecified atom stereocenters. The number of aldehydes is 1. The second-order valence-corrected chi connectivity index (χ2v) is 5.56. The molecule has 2 rings (SSSR count). The number of rotatable bonds is 3. The van der Waals surface area contributed by atoms with Crippen LogP contribution in [0.4, 0.5) is 8.78 Å². The Bertz CT molecular complexity index is 548. The monoisotopic (exact) mass is 272 g/mol. The molecule has 0 amide bonds. The first-order valence-electron chi connectivity index (χ1n) is 4.52. The molecule has 0 saturated carbocycles. The van der Waals surface area contributed by atoms with E-state index in [0.717, 1.165) is 28.9 Å². The van der Waals surface area contributed by atoms with Gasteiger partial charge in [-0.2, -0.15) is 0 Å². The van der Waals surface area contributed by atoms with Crippen molar-refractivity contribution in [2.24, 2.45) is 0 Å². The Kier molecular flexibility index (Phi) is 3.49. The molecule has 0 aliphatic carbocycles. The minimum atomic E-state index is -0.773. The minimum Gasteiger partial charge on any atom is -0.298 e. The Hall–Kier alpha value is -1.34. The van der Waals surface area contributed by atoms with Crippen molar-refractivity contribution in [3.05, 3.63) is 34.3 Å². The standard InChI is InChI=1S/C10H6F2N2OS2/c1-5-13-14-10(16-5)17-9-7(11)2-6(4-15)3-8(9)12/h2-4H,1H3. The molecule has 0 fully saturated rings. The summed E-state index contributed by atoms with van der Waals surface area (Å²) in [6.07, 6.45) is 0.399. The SMILES string of the molecule is Cc1nnc(Sc2c(F)cc(C=O)cc2F)s1. The Morgan fingerprint density at radius 3 is 2.41 bits per heavy atom. The number of benzene rings is 1. The summed E-state index contributed by atoms with van der Waals surface area (Å²) in [5, 5.41) is 8.24. The lowest BCUT2D eigenvalue weighted by Crippen LogP contribution is -1.91. The van der Waals surface area contributed by atoms with E-state index in [4.69, 9.17) is 0 Å². The zero-order valence-electron chi connectivity index (χ0n) is 8.61. The van der Waals surface area contributed by atoms with Crippen molar-refractivity contribution in [3.63, 3.8) is 0 Å². The molecule has 1 heterocycles. The highest BCUT2D eigenvalue weighted by Crippen LogP contribution is 2.34. The molecule has 1 aromatic carbocycles. The molecule has 3 nitrogen and oxygen atoms in total. The number of halogens is 2. The van der Waals surface area contributed by atoms with Crippen LogP contribution in [0.1, 0.15) is 15.4 Å². The number of hydrogen-bond acceptors (Lipinski definition) is 5. The molecule has 17 heavy (non-hydrogen) atoms. The number of hydrogen-bond donors (Lipinski definition) is 0. The fourth-order valence-corrected chi connectivity index (χ4v) is 2.92. The van der Waals surface area contributed by atoms with Crippen LogP contribution in [0.15, 0.2) is 21.4 Å². The van der Waals surface area contributed by atoms with Crippen LogP contribution in [0.5, 0.6) is 0 Å². The van der Waals surface area contributed by atoms with Crippen LogP contribution in [0.25, 0.3) is 0 Å². The van der Waals surface area contributed by atoms with Gasteiger partial charge in [0.1, 0.15) is 22.9 Å². The van der Waals surface area contributed by atoms with Crippen molar-refractivity contribution in [3.8, 4) is 0 Å². The molecule has 88 valence electrons. The zero-order chi connectivity index (χ0) is 12.4. The van der Waals surface area contributed by atoms with Gasteiger partial charge in [0.15, 0.2) is 4.34 Å². The second kappa shape index (κ2) is 4.89. The third kappa shape index (κ3) is 2.67. The average molecular weight is 272 g/mol. The van der Waals surface area contributed by atoms with E-state index in [9.17, 15) is 13.6 Å². The molecule has 7 heteroatoms. The predicted octanol–water partition coefficient (Wildman–Crippen LogP) is 3.09. The van der Waals surface area contributed by atoms with E-state index < -0.39 is 11.6 Å². The second-order valence-electron chi connectivity index (χ2n) is 3.12. The molecule has 0 N–H and O–H groups in total. The first-order valence-corrected chi connectivity index (χ1v) is 6.15. The van der Waals surface area contributed by atoms with Crippen molar-refractivity contribution < 1.29 is 13.6 Å². The van der Waals surface area contributed by atoms with E-state index >= 15 is 0 Å². The Balaban J connectivity index is 2.36. The number of carbonyl (C=O) groups is 1. The van der Waals surface area contributed by atoms with E-state index in [2.05, 4.69) is 10.2 Å². The van der Waals surface area contributed by atoms with Crippen LogP contribution in [0.2, 0.25) is 0 Å². The molecule has 0 atom stereocenters. The number of aromatic nitrogens is 2. The normalized spacial score (nSPS) is 10.5. The molecule has 1 aromatic heterocycles. The van der Waals surface area contributed by atoms with Gasteiger partial charge in [0, 0.05) is 5.56 Å². The van der Waals surface area contributed by atoms with Crippen molar-refractivity contribution in [2.75, 3.05) is 0 Å². The van der Waals surface area contributed by atoms with Crippen LogP contribution in [0.3, 0.4) is 0 Å². The molecule has 0 spiro atoms. The lowest BCUT2D eigenvalue weighted by molar-refractivity contribution is 0.112. The maximum absolute atomic E-state index is 13.5. The van der Waals surface area contributed by atoms with Gasteiger partial charge in [0.05, 0.1) is 4.90 Å². The Morgan fingerprint density at radius 1 is 1.29 bits per heavy atom. The van der Waals surface area contributed by atoms with Gasteiger partial charge in [0.25, 0.3) is 0 Å². The zero-order valence-corrected chi connectivity index (χ0v) is 10.2. The number of aryl methyl sites for hydroxylation is 1. The maximum atomic E-state index is 13.5. The fraction of sp³-hybridized carbons (Fsp3) is 0.100. The summed E-state index contributed by atoms with van der Waals surface area (Å²) in [7, 11) is 0. The van der Waals surface area contributed by atoms with E-state index in [1.165, 1.54) is 11.3 Å². The Morgan fingerprint density at radius 2 is 1.94 bits per heavy atom. The third-order valence-corrected chi connectivity index (χ3v) is 3.84. The highest BCUT2D eigenvalue weighted by molar-refractivity contribution is 8.01. The van der Waals surface area contributed by atoms with E-state index in [0.29, 0.717) is 10.6 Å². The minimum absolute atomic E-state index is 0.0298. The highest BCUT2D eigenvalue weighted by Gasteiger charge is 2.14. The summed E-state index contributed by atoms with van der Waals surface area (Å²) in [6, 6.07) is 1.98. The van der Waals surface area contributed by atoms with Crippen molar-refractivity contribution in [1.29, 1.82) is 0 Å². The maximum Gasteiger partial charge on any atom is 0.179 e. The van der Waals surface area contributed by atoms with Crippen molar-refractivity contribution >= 4 is 29.4 Å². The van der Waals surface area contributed by atoms with Gasteiger partial charge in [-0.1, -0.05) is 23.1 Å². The van der Waals surface area contributed by atoms with E-state index in [1.54, 1.807) is 6.92 Å². The van der Waals surface area contributed by atoms with E-state index in [-0.39, 0.29) is 10.5 Å². The van der Waals surface area contributed by atoms with Crippen LogP contribution in [0, 0.1) is 18.6 Å². The van der Waals surface area contributed by atoms with Gasteiger partial charge in [-0.3, -0.25) is 4.79 Å². The van der Waals surface area contributed by atoms with Gasteiger partial charge < -0.3 is 0 Å². The summed E-state index contributed by atoms with van der Waals surface area (Å²) in [4.78, 5) is 10.2. The molecule has 0 aliphatic heterocycles. The van der Waals surface area contributed by atoms with Crippen LogP contribution >= 0.6 is 23.1 Å². The van der Waals surface area contributed by atoms with Gasteiger partial charge in [0.2, 0.25) is 0 Å². The molecule has 0 saturated heterocycles. The molecule has 0 bridgehead atoms. The molecular formula is C10H6F2N2OS2. The van der Waals surface area contributed by atoms with Crippen LogP contribution in [-0.2, 0) is 0 Å². The summed E-state index contributed by atoms with van der Waals surface area (Å²) >= 11 is 2.11. The van der Waals surface area contributed by atoms with Crippen LogP contribution in [-0.4, -0.2) is 16.5 Å². The molecule has 0 aliphatic rings. The largest absolute Gasteiger partial charge is 0.298 e. The molecule has 0 radical (unpaired) electrons. The summed E-state index contributed by atoms with van der Waals surface area (Å²) in [5.41, 5.74) is -0.0298. The third-order valence-electron chi connectivity index (χ3n) is 1.85. The average Bonchev–Trinajstić information content (AvgIpc) is 2.69. The summed E-state index contributed by atoms with van der Waals surface area (Å²) < 4.78 is 27.5. The first kappa shape index (κ1) is 12.1. The highest BCUT2D eigenvalue weighted by atomic mass is 32.2. The molecule has 2 aromatic rings. The van der Waals surface area contributed by atoms with E-state index in [1.807, 2.05) is 0 Å². The Labute approximate surface area is 104 Å². The fourth-order valence-electron chi connectivity index (χ4n) is 1.15.